The molecule has 1 unspecified atom stereocenters. The Balaban J connectivity index is 0.00000484. The quantitative estimate of drug-likeness (QED) is 0.684. The Kier molecular flexibility index (Phi) is 11.5. The smallest absolute Gasteiger partial charge is 0.222 e. The zero-order valence-electron chi connectivity index (χ0n) is 14.2. The normalized spacial score (nSPS) is 11.7. The second-order valence-corrected chi connectivity index (χ2v) is 5.71. The molecule has 0 aliphatic heterocycles. The third kappa shape index (κ3) is 8.79. The van der Waals surface area contributed by atoms with Crippen molar-refractivity contribution in [2.24, 2.45) is 11.7 Å². The lowest BCUT2D eigenvalue weighted by Gasteiger charge is -2.15. The number of rotatable bonds is 10. The van der Waals surface area contributed by atoms with E-state index in [-0.39, 0.29) is 30.8 Å². The molecule has 1 rings (SSSR count). The van der Waals surface area contributed by atoms with E-state index in [1.54, 1.807) is 7.11 Å². The molecule has 5 nitrogen and oxygen atoms in total. The van der Waals surface area contributed by atoms with Gasteiger partial charge >= 0.3 is 0 Å². The third-order valence-corrected chi connectivity index (χ3v) is 3.41. The Morgan fingerprint density at radius 2 is 2.00 bits per heavy atom. The number of nitrogens with one attached hydrogen (secondary N) is 1. The SMILES string of the molecule is COC(CN)CC(=O)NCc1ccccc1OCCC(C)C.Cl. The highest BCUT2D eigenvalue weighted by Crippen LogP contribution is 2.18. The molecule has 1 aromatic rings. The number of hydrogen-bond acceptors (Lipinski definition) is 4. The first kappa shape index (κ1) is 21.7. The fourth-order valence-corrected chi connectivity index (χ4v) is 1.93. The van der Waals surface area contributed by atoms with Gasteiger partial charge in [0.1, 0.15) is 5.75 Å². The summed E-state index contributed by atoms with van der Waals surface area (Å²) in [6, 6.07) is 7.77. The van der Waals surface area contributed by atoms with Crippen molar-refractivity contribution in [1.82, 2.24) is 5.32 Å². The summed E-state index contributed by atoms with van der Waals surface area (Å²) in [6.45, 7) is 5.79. The maximum Gasteiger partial charge on any atom is 0.222 e. The molecule has 132 valence electrons. The molecule has 1 aromatic carbocycles. The van der Waals surface area contributed by atoms with E-state index in [1.807, 2.05) is 24.3 Å². The van der Waals surface area contributed by atoms with E-state index in [0.29, 0.717) is 25.6 Å². The van der Waals surface area contributed by atoms with Crippen molar-refractivity contribution >= 4 is 18.3 Å². The van der Waals surface area contributed by atoms with Crippen LogP contribution in [0.25, 0.3) is 0 Å². The van der Waals surface area contributed by atoms with Crippen LogP contribution in [0.4, 0.5) is 0 Å². The standard InChI is InChI=1S/C17H28N2O3.ClH/c1-13(2)8-9-22-16-7-5-4-6-14(16)12-19-17(20)10-15(11-18)21-3;/h4-7,13,15H,8-12,18H2,1-3H3,(H,19,20);1H. The van der Waals surface area contributed by atoms with Crippen molar-refractivity contribution in [2.75, 3.05) is 20.3 Å². The molecule has 3 N–H and O–H groups in total. The summed E-state index contributed by atoms with van der Waals surface area (Å²) < 4.78 is 10.9. The highest BCUT2D eigenvalue weighted by atomic mass is 35.5. The summed E-state index contributed by atoms with van der Waals surface area (Å²) in [7, 11) is 1.56. The molecule has 0 aromatic heterocycles. The average molecular weight is 345 g/mol. The third-order valence-electron chi connectivity index (χ3n) is 3.41. The number of carbonyl (C=O) groups excluding carboxylic acids is 1. The lowest BCUT2D eigenvalue weighted by atomic mass is 10.1. The zero-order valence-corrected chi connectivity index (χ0v) is 15.0. The first-order valence-corrected chi connectivity index (χ1v) is 7.77. The van der Waals surface area contributed by atoms with Crippen molar-refractivity contribution < 1.29 is 14.3 Å². The molecule has 1 amide bonds. The maximum absolute atomic E-state index is 11.9. The van der Waals surface area contributed by atoms with Gasteiger partial charge in [0, 0.05) is 25.8 Å². The predicted molar refractivity (Wildman–Crippen MR) is 95.0 cm³/mol. The van der Waals surface area contributed by atoms with E-state index in [2.05, 4.69) is 19.2 Å². The molecule has 0 bridgehead atoms. The highest BCUT2D eigenvalue weighted by Gasteiger charge is 2.12. The molecule has 0 spiro atoms. The lowest BCUT2D eigenvalue weighted by molar-refractivity contribution is -0.123. The number of para-hydroxylation sites is 1. The van der Waals surface area contributed by atoms with Gasteiger partial charge in [0.25, 0.3) is 0 Å². The molecule has 0 aliphatic carbocycles. The van der Waals surface area contributed by atoms with Crippen LogP contribution in [-0.4, -0.2) is 32.3 Å². The first-order valence-electron chi connectivity index (χ1n) is 7.77. The van der Waals surface area contributed by atoms with Crippen molar-refractivity contribution in [3.63, 3.8) is 0 Å². The molecule has 0 fully saturated rings. The van der Waals surface area contributed by atoms with Crippen LogP contribution >= 0.6 is 12.4 Å². The Morgan fingerprint density at radius 1 is 1.30 bits per heavy atom. The van der Waals surface area contributed by atoms with E-state index in [9.17, 15) is 4.79 Å². The van der Waals surface area contributed by atoms with Gasteiger partial charge < -0.3 is 20.5 Å². The predicted octanol–water partition coefficient (Wildman–Crippen LogP) is 2.51. The van der Waals surface area contributed by atoms with Gasteiger partial charge in [-0.2, -0.15) is 0 Å². The first-order chi connectivity index (χ1) is 10.6. The Hall–Kier alpha value is -1.30. The molecule has 0 saturated carbocycles. The average Bonchev–Trinajstić information content (AvgIpc) is 2.51. The number of nitrogens with two attached hydrogens (primary N) is 1. The number of benzene rings is 1. The van der Waals surface area contributed by atoms with Crippen LogP contribution in [0.5, 0.6) is 5.75 Å². The highest BCUT2D eigenvalue weighted by molar-refractivity contribution is 5.85. The van der Waals surface area contributed by atoms with Crippen LogP contribution in [0, 0.1) is 5.92 Å². The van der Waals surface area contributed by atoms with Gasteiger partial charge in [0.15, 0.2) is 0 Å². The molecule has 0 heterocycles. The van der Waals surface area contributed by atoms with Crippen LogP contribution in [0.2, 0.25) is 0 Å². The van der Waals surface area contributed by atoms with E-state index in [4.69, 9.17) is 15.2 Å². The van der Waals surface area contributed by atoms with Crippen LogP contribution in [0.1, 0.15) is 32.3 Å². The molecule has 1 atom stereocenters. The van der Waals surface area contributed by atoms with Crippen LogP contribution < -0.4 is 15.8 Å². The van der Waals surface area contributed by atoms with Gasteiger partial charge in [-0.15, -0.1) is 12.4 Å². The number of methoxy groups -OCH3 is 1. The van der Waals surface area contributed by atoms with Crippen molar-refractivity contribution in [2.45, 2.75) is 39.3 Å². The summed E-state index contributed by atoms with van der Waals surface area (Å²) in [6.07, 6.45) is 1.04. The van der Waals surface area contributed by atoms with Crippen molar-refractivity contribution in [3.8, 4) is 5.75 Å². The monoisotopic (exact) mass is 344 g/mol. The summed E-state index contributed by atoms with van der Waals surface area (Å²) >= 11 is 0. The summed E-state index contributed by atoms with van der Waals surface area (Å²) in [5, 5.41) is 2.88. The largest absolute Gasteiger partial charge is 0.493 e. The Labute approximate surface area is 145 Å². The maximum atomic E-state index is 11.9. The molecule has 0 radical (unpaired) electrons. The van der Waals surface area contributed by atoms with E-state index < -0.39 is 0 Å². The second kappa shape index (κ2) is 12.2. The number of ether oxygens (including phenoxy) is 2. The van der Waals surface area contributed by atoms with Crippen LogP contribution in [0.3, 0.4) is 0 Å². The molecular weight excluding hydrogens is 316 g/mol. The van der Waals surface area contributed by atoms with Gasteiger partial charge in [0.05, 0.1) is 19.1 Å². The molecule has 0 aliphatic rings. The topological polar surface area (TPSA) is 73.6 Å². The van der Waals surface area contributed by atoms with Gasteiger partial charge in [-0.25, -0.2) is 0 Å². The van der Waals surface area contributed by atoms with E-state index >= 15 is 0 Å². The van der Waals surface area contributed by atoms with Gasteiger partial charge in [0.2, 0.25) is 5.91 Å². The van der Waals surface area contributed by atoms with Crippen LogP contribution in [0.15, 0.2) is 24.3 Å². The molecule has 6 heteroatoms. The van der Waals surface area contributed by atoms with Gasteiger partial charge in [-0.3, -0.25) is 4.79 Å². The van der Waals surface area contributed by atoms with Crippen molar-refractivity contribution in [3.05, 3.63) is 29.8 Å². The lowest BCUT2D eigenvalue weighted by Crippen LogP contribution is -2.32. The van der Waals surface area contributed by atoms with Crippen LogP contribution in [-0.2, 0) is 16.1 Å². The number of halogens is 1. The summed E-state index contributed by atoms with van der Waals surface area (Å²) in [5.41, 5.74) is 6.49. The number of amides is 1. The molecule has 23 heavy (non-hydrogen) atoms. The minimum Gasteiger partial charge on any atom is -0.493 e. The van der Waals surface area contributed by atoms with E-state index in [1.165, 1.54) is 0 Å². The minimum absolute atomic E-state index is 0. The fourth-order valence-electron chi connectivity index (χ4n) is 1.93. The Morgan fingerprint density at radius 3 is 2.61 bits per heavy atom. The van der Waals surface area contributed by atoms with Gasteiger partial charge in [-0.05, 0) is 18.4 Å². The molecular formula is C17H29ClN2O3. The van der Waals surface area contributed by atoms with Gasteiger partial charge in [-0.1, -0.05) is 32.0 Å². The summed E-state index contributed by atoms with van der Waals surface area (Å²) in [4.78, 5) is 11.9. The minimum atomic E-state index is -0.238. The Bertz CT molecular complexity index is 451. The second-order valence-electron chi connectivity index (χ2n) is 5.71. The zero-order chi connectivity index (χ0) is 16.4. The molecule has 0 saturated heterocycles. The van der Waals surface area contributed by atoms with E-state index in [0.717, 1.165) is 17.7 Å². The number of hydrogen-bond donors (Lipinski definition) is 2. The number of carbonyl (C=O) groups is 1. The van der Waals surface area contributed by atoms with Crippen molar-refractivity contribution in [1.29, 1.82) is 0 Å². The summed E-state index contributed by atoms with van der Waals surface area (Å²) in [5.74, 6) is 1.36. The fraction of sp³-hybridized carbons (Fsp3) is 0.588.